The summed E-state index contributed by atoms with van der Waals surface area (Å²) in [4.78, 5) is 24.6. The normalized spacial score (nSPS) is 15.0. The van der Waals surface area contributed by atoms with Crippen LogP contribution >= 0.6 is 0 Å². The Bertz CT molecular complexity index is 1840. The first-order chi connectivity index (χ1) is 23.3. The number of benzene rings is 4. The smallest absolute Gasteiger partial charge is 0.337 e. The predicted octanol–water partition coefficient (Wildman–Crippen LogP) is 4.95. The number of aliphatic hydroxyl groups is 1. The molecule has 1 aliphatic rings. The molecule has 0 aliphatic carbocycles. The topological polar surface area (TPSA) is 149 Å². The van der Waals surface area contributed by atoms with Gasteiger partial charge in [0.15, 0.2) is 29.2 Å². The number of hydrazone groups is 1. The predicted molar refractivity (Wildman–Crippen MR) is 180 cm³/mol. The van der Waals surface area contributed by atoms with Crippen LogP contribution in [-0.4, -0.2) is 57.0 Å². The van der Waals surface area contributed by atoms with Crippen molar-refractivity contribution in [2.75, 3.05) is 27.4 Å². The maximum absolute atomic E-state index is 12.5. The highest BCUT2D eigenvalue weighted by molar-refractivity contribution is 5.95. The molecule has 0 fully saturated rings. The number of hydrogen-bond acceptors (Lipinski definition) is 10. The van der Waals surface area contributed by atoms with E-state index in [2.05, 4.69) is 45.4 Å². The summed E-state index contributed by atoms with van der Waals surface area (Å²) in [5, 5.41) is 22.3. The van der Waals surface area contributed by atoms with Crippen LogP contribution < -0.4 is 35.0 Å². The summed E-state index contributed by atoms with van der Waals surface area (Å²) < 4.78 is 28.1. The molecule has 0 bridgehead atoms. The highest BCUT2D eigenvalue weighted by Crippen LogP contribution is 2.35. The van der Waals surface area contributed by atoms with Gasteiger partial charge in [-0.15, -0.1) is 0 Å². The van der Waals surface area contributed by atoms with Gasteiger partial charge in [-0.2, -0.15) is 5.10 Å². The van der Waals surface area contributed by atoms with Gasteiger partial charge in [0.25, 0.3) is 0 Å². The number of esters is 1. The average Bonchev–Trinajstić information content (AvgIpc) is 3.09. The molecule has 0 spiro atoms. The Morgan fingerprint density at radius 2 is 1.71 bits per heavy atom. The van der Waals surface area contributed by atoms with Crippen molar-refractivity contribution in [3.8, 4) is 23.0 Å². The zero-order valence-electron chi connectivity index (χ0n) is 27.1. The minimum Gasteiger partial charge on any atom is -0.493 e. The van der Waals surface area contributed by atoms with Gasteiger partial charge in [0, 0.05) is 5.70 Å². The third kappa shape index (κ3) is 8.15. The standard InChI is InChI=1S/C36H38N4O8/c1-5-46-31-18-27(34-33(35(42)45-4)22(2)38-36(43)39-34)13-15-29(31)48-21-32(41)40-37-19-23-11-14-28(30(17-23)44-3)47-20-24-10-12-25-8-6-7-9-26(25)16-24/h6-19,32,34,40-41H,5,20-21H2,1-4H3,(H2,38,39,43)/b37-19-/t32-,34+/m1/s1. The number of aliphatic hydroxyl groups excluding tert-OH is 1. The van der Waals surface area contributed by atoms with Crippen LogP contribution in [0, 0.1) is 0 Å². The van der Waals surface area contributed by atoms with Crippen molar-refractivity contribution in [3.05, 3.63) is 107 Å². The number of carbonyl (C=O) groups is 2. The summed E-state index contributed by atoms with van der Waals surface area (Å²) in [5.74, 6) is 1.29. The molecule has 1 aliphatic heterocycles. The first kappa shape index (κ1) is 33.6. The fraction of sp³-hybridized carbons (Fsp3) is 0.250. The Morgan fingerprint density at radius 3 is 2.48 bits per heavy atom. The monoisotopic (exact) mass is 654 g/mol. The summed E-state index contributed by atoms with van der Waals surface area (Å²) in [5.41, 5.74) is 5.65. The number of urea groups is 1. The van der Waals surface area contributed by atoms with Crippen LogP contribution in [0.4, 0.5) is 4.79 Å². The first-order valence-electron chi connectivity index (χ1n) is 15.3. The van der Waals surface area contributed by atoms with Crippen LogP contribution in [0.2, 0.25) is 0 Å². The minimum absolute atomic E-state index is 0.155. The molecule has 0 radical (unpaired) electrons. The number of nitrogens with zero attached hydrogens (tertiary/aromatic N) is 1. The van der Waals surface area contributed by atoms with Crippen LogP contribution in [-0.2, 0) is 16.1 Å². The summed E-state index contributed by atoms with van der Waals surface area (Å²) >= 11 is 0. The van der Waals surface area contributed by atoms with Crippen LogP contribution in [0.25, 0.3) is 10.8 Å². The lowest BCUT2D eigenvalue weighted by Gasteiger charge is -2.28. The minimum atomic E-state index is -1.15. The van der Waals surface area contributed by atoms with Gasteiger partial charge in [-0.1, -0.05) is 42.5 Å². The average molecular weight is 655 g/mol. The maximum Gasteiger partial charge on any atom is 0.337 e. The van der Waals surface area contributed by atoms with Crippen LogP contribution in [0.5, 0.6) is 23.0 Å². The molecule has 12 nitrogen and oxygen atoms in total. The lowest BCUT2D eigenvalue weighted by atomic mass is 9.95. The molecule has 2 atom stereocenters. The number of allylic oxidation sites excluding steroid dienone is 1. The van der Waals surface area contributed by atoms with Crippen LogP contribution in [0.3, 0.4) is 0 Å². The number of carbonyl (C=O) groups excluding carboxylic acids is 2. The number of fused-ring (bicyclic) bond motifs is 1. The third-order valence-electron chi connectivity index (χ3n) is 7.51. The van der Waals surface area contributed by atoms with Crippen molar-refractivity contribution in [1.29, 1.82) is 0 Å². The lowest BCUT2D eigenvalue weighted by molar-refractivity contribution is -0.136. The molecular weight excluding hydrogens is 616 g/mol. The van der Waals surface area contributed by atoms with Crippen molar-refractivity contribution in [3.63, 3.8) is 0 Å². The second-order valence-corrected chi connectivity index (χ2v) is 10.8. The molecule has 4 N–H and O–H groups in total. The van der Waals surface area contributed by atoms with Crippen molar-refractivity contribution < 1.29 is 38.4 Å². The second-order valence-electron chi connectivity index (χ2n) is 10.8. The van der Waals surface area contributed by atoms with Crippen molar-refractivity contribution in [2.45, 2.75) is 32.7 Å². The molecule has 0 saturated heterocycles. The number of hydrogen-bond donors (Lipinski definition) is 4. The molecule has 12 heteroatoms. The molecule has 2 amide bonds. The van der Waals surface area contributed by atoms with E-state index in [0.29, 0.717) is 47.5 Å². The van der Waals surface area contributed by atoms with Gasteiger partial charge in [0.1, 0.15) is 13.2 Å². The van der Waals surface area contributed by atoms with E-state index in [0.717, 1.165) is 16.5 Å². The Morgan fingerprint density at radius 1 is 0.938 bits per heavy atom. The summed E-state index contributed by atoms with van der Waals surface area (Å²) in [7, 11) is 2.85. The van der Waals surface area contributed by atoms with E-state index in [-0.39, 0.29) is 12.2 Å². The Kier molecular flexibility index (Phi) is 11.0. The molecule has 0 saturated carbocycles. The quantitative estimate of drug-likeness (QED) is 0.0642. The molecular formula is C36H38N4O8. The number of nitrogens with one attached hydrogen (secondary N) is 3. The SMILES string of the molecule is CCOc1cc([C@@H]2NC(=O)NC(C)=C2C(=O)OC)ccc1OC[C@@H](O)N/N=C\c1ccc(OCc2ccc3ccccc3c2)c(OC)c1. The largest absolute Gasteiger partial charge is 0.493 e. The van der Waals surface area contributed by atoms with E-state index < -0.39 is 24.3 Å². The number of ether oxygens (including phenoxy) is 5. The zero-order valence-corrected chi connectivity index (χ0v) is 27.1. The van der Waals surface area contributed by atoms with E-state index in [4.69, 9.17) is 23.7 Å². The van der Waals surface area contributed by atoms with Gasteiger partial charge in [-0.3, -0.25) is 5.43 Å². The van der Waals surface area contributed by atoms with E-state index in [1.54, 1.807) is 50.6 Å². The van der Waals surface area contributed by atoms with E-state index in [9.17, 15) is 14.7 Å². The van der Waals surface area contributed by atoms with E-state index in [1.165, 1.54) is 12.5 Å². The molecule has 0 aromatic heterocycles. The molecule has 4 aromatic carbocycles. The van der Waals surface area contributed by atoms with E-state index in [1.807, 2.05) is 31.2 Å². The molecule has 48 heavy (non-hydrogen) atoms. The highest BCUT2D eigenvalue weighted by Gasteiger charge is 2.32. The molecule has 5 rings (SSSR count). The van der Waals surface area contributed by atoms with Crippen molar-refractivity contribution in [1.82, 2.24) is 16.1 Å². The Labute approximate surface area is 278 Å². The molecule has 250 valence electrons. The first-order valence-corrected chi connectivity index (χ1v) is 15.3. The van der Waals surface area contributed by atoms with Crippen molar-refractivity contribution >= 4 is 29.0 Å². The second kappa shape index (κ2) is 15.7. The molecule has 4 aromatic rings. The van der Waals surface area contributed by atoms with Crippen molar-refractivity contribution in [2.24, 2.45) is 5.10 Å². The van der Waals surface area contributed by atoms with Gasteiger partial charge in [-0.05, 0) is 77.7 Å². The fourth-order valence-electron chi connectivity index (χ4n) is 5.19. The molecule has 0 unspecified atom stereocenters. The highest BCUT2D eigenvalue weighted by atomic mass is 16.5. The summed E-state index contributed by atoms with van der Waals surface area (Å²) in [6.45, 7) is 4.01. The Hall–Kier alpha value is -5.75. The number of methoxy groups -OCH3 is 2. The molecule has 1 heterocycles. The summed E-state index contributed by atoms with van der Waals surface area (Å²) in [6.07, 6.45) is 0.392. The van der Waals surface area contributed by atoms with Gasteiger partial charge >= 0.3 is 12.0 Å². The van der Waals surface area contributed by atoms with Gasteiger partial charge in [-0.25, -0.2) is 9.59 Å². The van der Waals surface area contributed by atoms with Gasteiger partial charge in [0.05, 0.1) is 38.7 Å². The zero-order chi connectivity index (χ0) is 34.0. The fourth-order valence-corrected chi connectivity index (χ4v) is 5.19. The van der Waals surface area contributed by atoms with E-state index >= 15 is 0 Å². The Balaban J connectivity index is 1.18. The summed E-state index contributed by atoms with van der Waals surface area (Å²) in [6, 6.07) is 23.6. The third-order valence-corrected chi connectivity index (χ3v) is 7.51. The van der Waals surface area contributed by atoms with Gasteiger partial charge < -0.3 is 39.4 Å². The number of rotatable bonds is 14. The maximum atomic E-state index is 12.5. The lowest BCUT2D eigenvalue weighted by Crippen LogP contribution is -2.45. The van der Waals surface area contributed by atoms with Crippen LogP contribution in [0.15, 0.2) is 95.2 Å². The van der Waals surface area contributed by atoms with Gasteiger partial charge in [0.2, 0.25) is 0 Å². The van der Waals surface area contributed by atoms with Crippen LogP contribution in [0.1, 0.15) is 36.6 Å². The number of amides is 2.